The van der Waals surface area contributed by atoms with Crippen LogP contribution < -0.4 is 5.32 Å². The SMILES string of the molecule is C[C@@H](NC1CCCc2sccc21)c1cccnc1. The van der Waals surface area contributed by atoms with Gasteiger partial charge in [0.1, 0.15) is 0 Å². The molecule has 1 N–H and O–H groups in total. The van der Waals surface area contributed by atoms with Crippen LogP contribution in [0.25, 0.3) is 0 Å². The molecule has 0 spiro atoms. The maximum atomic E-state index is 4.20. The van der Waals surface area contributed by atoms with E-state index >= 15 is 0 Å². The molecule has 0 aliphatic heterocycles. The van der Waals surface area contributed by atoms with Crippen LogP contribution in [-0.4, -0.2) is 4.98 Å². The van der Waals surface area contributed by atoms with E-state index in [-0.39, 0.29) is 0 Å². The van der Waals surface area contributed by atoms with E-state index in [2.05, 4.69) is 34.7 Å². The third kappa shape index (κ3) is 2.33. The Labute approximate surface area is 112 Å². The fourth-order valence-electron chi connectivity index (χ4n) is 2.69. The number of hydrogen-bond acceptors (Lipinski definition) is 3. The van der Waals surface area contributed by atoms with Crippen LogP contribution in [0, 0.1) is 0 Å². The van der Waals surface area contributed by atoms with Crippen molar-refractivity contribution in [3.63, 3.8) is 0 Å². The molecule has 94 valence electrons. The lowest BCUT2D eigenvalue weighted by atomic mass is 9.93. The highest BCUT2D eigenvalue weighted by atomic mass is 32.1. The van der Waals surface area contributed by atoms with Gasteiger partial charge in [-0.15, -0.1) is 11.3 Å². The van der Waals surface area contributed by atoms with E-state index in [1.54, 1.807) is 4.88 Å². The second-order valence-electron chi connectivity index (χ2n) is 4.92. The smallest absolute Gasteiger partial charge is 0.0336 e. The Morgan fingerprint density at radius 1 is 1.44 bits per heavy atom. The monoisotopic (exact) mass is 258 g/mol. The minimum absolute atomic E-state index is 0.356. The standard InChI is InChI=1S/C15H18N2S/c1-11(12-4-3-8-16-10-12)17-14-5-2-6-15-13(14)7-9-18-15/h3-4,7-11,14,17H,2,5-6H2,1H3/t11-,14?/m1/s1. The van der Waals surface area contributed by atoms with Gasteiger partial charge in [0.05, 0.1) is 0 Å². The summed E-state index contributed by atoms with van der Waals surface area (Å²) in [4.78, 5) is 5.76. The molecule has 2 heterocycles. The first-order valence-corrected chi connectivity index (χ1v) is 7.45. The minimum atomic E-state index is 0.356. The Morgan fingerprint density at radius 2 is 2.39 bits per heavy atom. The van der Waals surface area contributed by atoms with Crippen molar-refractivity contribution in [2.75, 3.05) is 0 Å². The Bertz CT molecular complexity index is 506. The van der Waals surface area contributed by atoms with E-state index < -0.39 is 0 Å². The lowest BCUT2D eigenvalue weighted by molar-refractivity contribution is 0.418. The fraction of sp³-hybridized carbons (Fsp3) is 0.400. The first kappa shape index (κ1) is 11.9. The molecule has 2 atom stereocenters. The van der Waals surface area contributed by atoms with Crippen molar-refractivity contribution in [2.45, 2.75) is 38.3 Å². The minimum Gasteiger partial charge on any atom is -0.303 e. The van der Waals surface area contributed by atoms with Gasteiger partial charge in [-0.3, -0.25) is 4.98 Å². The van der Waals surface area contributed by atoms with E-state index in [4.69, 9.17) is 0 Å². The van der Waals surface area contributed by atoms with Crippen molar-refractivity contribution in [1.29, 1.82) is 0 Å². The van der Waals surface area contributed by atoms with Crippen molar-refractivity contribution in [3.8, 4) is 0 Å². The number of hydrogen-bond donors (Lipinski definition) is 1. The zero-order chi connectivity index (χ0) is 12.4. The molecular weight excluding hydrogens is 240 g/mol. The summed E-state index contributed by atoms with van der Waals surface area (Å²) in [5, 5.41) is 5.97. The molecule has 1 aliphatic carbocycles. The van der Waals surface area contributed by atoms with Crippen LogP contribution in [0.15, 0.2) is 36.0 Å². The van der Waals surface area contributed by atoms with Gasteiger partial charge in [0.15, 0.2) is 0 Å². The second-order valence-corrected chi connectivity index (χ2v) is 5.92. The van der Waals surface area contributed by atoms with Crippen molar-refractivity contribution in [2.24, 2.45) is 0 Å². The number of fused-ring (bicyclic) bond motifs is 1. The van der Waals surface area contributed by atoms with Crippen molar-refractivity contribution < 1.29 is 0 Å². The Kier molecular flexibility index (Phi) is 3.43. The number of nitrogens with one attached hydrogen (secondary N) is 1. The molecule has 0 radical (unpaired) electrons. The van der Waals surface area contributed by atoms with E-state index in [9.17, 15) is 0 Å². The molecular formula is C15H18N2S. The normalized spacial score (nSPS) is 20.4. The molecule has 1 unspecified atom stereocenters. The highest BCUT2D eigenvalue weighted by Crippen LogP contribution is 2.34. The Balaban J connectivity index is 1.75. The van der Waals surface area contributed by atoms with Crippen LogP contribution in [0.4, 0.5) is 0 Å². The van der Waals surface area contributed by atoms with Gasteiger partial charge in [0.2, 0.25) is 0 Å². The third-order valence-electron chi connectivity index (χ3n) is 3.69. The summed E-state index contributed by atoms with van der Waals surface area (Å²) < 4.78 is 0. The Hall–Kier alpha value is -1.19. The van der Waals surface area contributed by atoms with Gasteiger partial charge in [-0.25, -0.2) is 0 Å². The van der Waals surface area contributed by atoms with Gasteiger partial charge in [-0.1, -0.05) is 6.07 Å². The number of pyridine rings is 1. The number of rotatable bonds is 3. The van der Waals surface area contributed by atoms with Crippen molar-refractivity contribution >= 4 is 11.3 Å². The van der Waals surface area contributed by atoms with Gasteiger partial charge in [0.25, 0.3) is 0 Å². The molecule has 0 bridgehead atoms. The van der Waals surface area contributed by atoms with Crippen LogP contribution in [0.1, 0.15) is 47.9 Å². The highest BCUT2D eigenvalue weighted by molar-refractivity contribution is 7.10. The molecule has 1 aliphatic rings. The maximum Gasteiger partial charge on any atom is 0.0336 e. The van der Waals surface area contributed by atoms with Gasteiger partial charge < -0.3 is 5.32 Å². The fourth-order valence-corrected chi connectivity index (χ4v) is 3.68. The van der Waals surface area contributed by atoms with Gasteiger partial charge in [-0.2, -0.15) is 0 Å². The number of thiophene rings is 1. The van der Waals surface area contributed by atoms with Crippen LogP contribution in [0.5, 0.6) is 0 Å². The average Bonchev–Trinajstić information content (AvgIpc) is 2.89. The number of aryl methyl sites for hydroxylation is 1. The van der Waals surface area contributed by atoms with Gasteiger partial charge in [-0.05, 0) is 54.8 Å². The van der Waals surface area contributed by atoms with Crippen LogP contribution in [0.2, 0.25) is 0 Å². The summed E-state index contributed by atoms with van der Waals surface area (Å²) in [5.41, 5.74) is 2.78. The lowest BCUT2D eigenvalue weighted by Crippen LogP contribution is -2.27. The molecule has 3 rings (SSSR count). The van der Waals surface area contributed by atoms with Gasteiger partial charge >= 0.3 is 0 Å². The largest absolute Gasteiger partial charge is 0.303 e. The van der Waals surface area contributed by atoms with E-state index in [0.717, 1.165) is 0 Å². The molecule has 2 aromatic rings. The van der Waals surface area contributed by atoms with Crippen molar-refractivity contribution in [1.82, 2.24) is 10.3 Å². The molecule has 0 amide bonds. The lowest BCUT2D eigenvalue weighted by Gasteiger charge is -2.27. The summed E-state index contributed by atoms with van der Waals surface area (Å²) in [7, 11) is 0. The molecule has 0 saturated heterocycles. The number of nitrogens with zero attached hydrogens (tertiary/aromatic N) is 1. The van der Waals surface area contributed by atoms with Crippen LogP contribution in [0.3, 0.4) is 0 Å². The summed E-state index contributed by atoms with van der Waals surface area (Å²) in [6, 6.07) is 7.30. The zero-order valence-corrected chi connectivity index (χ0v) is 11.4. The molecule has 18 heavy (non-hydrogen) atoms. The molecule has 0 saturated carbocycles. The molecule has 2 nitrogen and oxygen atoms in total. The topological polar surface area (TPSA) is 24.9 Å². The third-order valence-corrected chi connectivity index (χ3v) is 4.68. The predicted molar refractivity (Wildman–Crippen MR) is 75.8 cm³/mol. The summed E-state index contributed by atoms with van der Waals surface area (Å²) in [6.07, 6.45) is 7.58. The van der Waals surface area contributed by atoms with E-state index in [1.165, 1.54) is 30.4 Å². The van der Waals surface area contributed by atoms with E-state index in [1.807, 2.05) is 29.8 Å². The summed E-state index contributed by atoms with van der Waals surface area (Å²) in [5.74, 6) is 0. The van der Waals surface area contributed by atoms with Crippen LogP contribution in [-0.2, 0) is 6.42 Å². The first-order chi connectivity index (χ1) is 8.84. The molecule has 2 aromatic heterocycles. The predicted octanol–water partition coefficient (Wildman–Crippen LogP) is 3.87. The average molecular weight is 258 g/mol. The Morgan fingerprint density at radius 3 is 3.22 bits per heavy atom. The summed E-state index contributed by atoms with van der Waals surface area (Å²) in [6.45, 7) is 2.22. The van der Waals surface area contributed by atoms with Crippen molar-refractivity contribution in [3.05, 3.63) is 52.0 Å². The first-order valence-electron chi connectivity index (χ1n) is 6.57. The highest BCUT2D eigenvalue weighted by Gasteiger charge is 2.22. The number of aromatic nitrogens is 1. The van der Waals surface area contributed by atoms with E-state index in [0.29, 0.717) is 12.1 Å². The molecule has 0 aromatic carbocycles. The van der Waals surface area contributed by atoms with Crippen LogP contribution >= 0.6 is 11.3 Å². The maximum absolute atomic E-state index is 4.20. The molecule has 0 fully saturated rings. The quantitative estimate of drug-likeness (QED) is 0.904. The second kappa shape index (κ2) is 5.21. The summed E-state index contributed by atoms with van der Waals surface area (Å²) >= 11 is 1.90. The van der Waals surface area contributed by atoms with Gasteiger partial charge in [0, 0.05) is 29.4 Å². The molecule has 3 heteroatoms. The zero-order valence-electron chi connectivity index (χ0n) is 10.6.